The summed E-state index contributed by atoms with van der Waals surface area (Å²) >= 11 is 0. The van der Waals surface area contributed by atoms with Crippen molar-refractivity contribution in [3.05, 3.63) is 140 Å². The van der Waals surface area contributed by atoms with Crippen molar-refractivity contribution in [1.82, 2.24) is 0 Å². The standard InChI is InChI=1S/C34H25OP/c1-2-24-17-20-30-26(23-24)18-21-31(35)33(30)34-29-16-10-9-11-25(29)19-22-32(34)36(27-12-5-3-6-13-27)28-14-7-4-8-15-28/h2-23,35H,1H2. The molecule has 0 aromatic heterocycles. The van der Waals surface area contributed by atoms with Crippen molar-refractivity contribution in [1.29, 1.82) is 0 Å². The smallest absolute Gasteiger partial charge is 0.124 e. The fraction of sp³-hybridized carbons (Fsp3) is 0. The minimum atomic E-state index is -0.868. The van der Waals surface area contributed by atoms with Crippen molar-refractivity contribution in [3.8, 4) is 16.9 Å². The Hall–Kier alpha value is -4.19. The zero-order chi connectivity index (χ0) is 24.5. The minimum Gasteiger partial charge on any atom is -0.507 e. The monoisotopic (exact) mass is 480 g/mol. The Balaban J connectivity index is 1.75. The molecule has 2 heteroatoms. The summed E-state index contributed by atoms with van der Waals surface area (Å²) in [5.41, 5.74) is 3.05. The van der Waals surface area contributed by atoms with E-state index < -0.39 is 7.92 Å². The molecule has 6 rings (SSSR count). The van der Waals surface area contributed by atoms with Gasteiger partial charge in [0, 0.05) is 11.1 Å². The molecule has 0 bridgehead atoms. The van der Waals surface area contributed by atoms with Crippen LogP contribution in [0.1, 0.15) is 5.56 Å². The molecule has 0 aliphatic carbocycles. The molecule has 0 saturated carbocycles. The average Bonchev–Trinajstić information content (AvgIpc) is 2.94. The van der Waals surface area contributed by atoms with Gasteiger partial charge < -0.3 is 5.11 Å². The minimum absolute atomic E-state index is 0.294. The molecule has 36 heavy (non-hydrogen) atoms. The maximum Gasteiger partial charge on any atom is 0.124 e. The average molecular weight is 481 g/mol. The molecular formula is C34H25OP. The van der Waals surface area contributed by atoms with Gasteiger partial charge in [-0.2, -0.15) is 0 Å². The molecule has 6 aromatic carbocycles. The Bertz CT molecular complexity index is 1670. The van der Waals surface area contributed by atoms with E-state index in [2.05, 4.69) is 122 Å². The zero-order valence-electron chi connectivity index (χ0n) is 19.8. The molecule has 1 nitrogen and oxygen atoms in total. The fourth-order valence-electron chi connectivity index (χ4n) is 5.02. The molecule has 1 N–H and O–H groups in total. The number of phenols is 1. The third-order valence-electron chi connectivity index (χ3n) is 6.68. The quantitative estimate of drug-likeness (QED) is 0.250. The number of rotatable bonds is 5. The maximum atomic E-state index is 11.4. The van der Waals surface area contributed by atoms with E-state index in [0.717, 1.165) is 38.2 Å². The fourth-order valence-corrected chi connectivity index (χ4v) is 7.49. The zero-order valence-corrected chi connectivity index (χ0v) is 20.7. The SMILES string of the molecule is C=Cc1ccc2c(-c3c(P(c4ccccc4)c4ccccc4)ccc4ccccc34)c(O)ccc2c1. The molecule has 0 unspecified atom stereocenters. The summed E-state index contributed by atoms with van der Waals surface area (Å²) < 4.78 is 0. The van der Waals surface area contributed by atoms with E-state index in [1.807, 2.05) is 18.2 Å². The van der Waals surface area contributed by atoms with Gasteiger partial charge in [-0.1, -0.05) is 128 Å². The summed E-state index contributed by atoms with van der Waals surface area (Å²) in [5, 5.41) is 19.6. The summed E-state index contributed by atoms with van der Waals surface area (Å²) in [6, 6.07) is 44.5. The molecule has 172 valence electrons. The third kappa shape index (κ3) is 3.88. The van der Waals surface area contributed by atoms with Gasteiger partial charge in [-0.15, -0.1) is 0 Å². The normalized spacial score (nSPS) is 11.2. The summed E-state index contributed by atoms with van der Waals surface area (Å²) in [6.07, 6.45) is 1.86. The highest BCUT2D eigenvalue weighted by atomic mass is 31.1. The molecule has 0 aliphatic rings. The van der Waals surface area contributed by atoms with Crippen molar-refractivity contribution in [2.75, 3.05) is 0 Å². The highest BCUT2D eigenvalue weighted by molar-refractivity contribution is 7.80. The summed E-state index contributed by atoms with van der Waals surface area (Å²) in [5.74, 6) is 0.294. The number of fused-ring (bicyclic) bond motifs is 2. The van der Waals surface area contributed by atoms with Crippen molar-refractivity contribution in [2.45, 2.75) is 0 Å². The molecule has 6 aromatic rings. The maximum absolute atomic E-state index is 11.4. The molecule has 0 heterocycles. The molecule has 0 spiro atoms. The van der Waals surface area contributed by atoms with Crippen LogP contribution in [0.15, 0.2) is 134 Å². The van der Waals surface area contributed by atoms with Crippen LogP contribution >= 0.6 is 7.92 Å². The Kier molecular flexibility index (Phi) is 5.85. The second-order valence-corrected chi connectivity index (χ2v) is 11.0. The summed E-state index contributed by atoms with van der Waals surface area (Å²) in [6.45, 7) is 3.93. The van der Waals surface area contributed by atoms with E-state index in [0.29, 0.717) is 5.75 Å². The van der Waals surface area contributed by atoms with Crippen LogP contribution in [-0.4, -0.2) is 5.11 Å². The predicted octanol–water partition coefficient (Wildman–Crippen LogP) is 7.77. The van der Waals surface area contributed by atoms with Gasteiger partial charge in [0.2, 0.25) is 0 Å². The third-order valence-corrected chi connectivity index (χ3v) is 9.17. The number of aromatic hydroxyl groups is 1. The predicted molar refractivity (Wildman–Crippen MR) is 157 cm³/mol. The van der Waals surface area contributed by atoms with E-state index in [1.54, 1.807) is 0 Å². The van der Waals surface area contributed by atoms with Gasteiger partial charge in [-0.25, -0.2) is 0 Å². The lowest BCUT2D eigenvalue weighted by molar-refractivity contribution is 0.478. The molecule has 0 aliphatic heterocycles. The van der Waals surface area contributed by atoms with Crippen molar-refractivity contribution in [3.63, 3.8) is 0 Å². The number of hydrogen-bond donors (Lipinski definition) is 1. The van der Waals surface area contributed by atoms with Crippen LogP contribution in [-0.2, 0) is 0 Å². The van der Waals surface area contributed by atoms with Gasteiger partial charge in [-0.3, -0.25) is 0 Å². The van der Waals surface area contributed by atoms with E-state index in [4.69, 9.17) is 0 Å². The van der Waals surface area contributed by atoms with E-state index in [1.165, 1.54) is 15.9 Å². The van der Waals surface area contributed by atoms with Gasteiger partial charge in [0.1, 0.15) is 5.75 Å². The largest absolute Gasteiger partial charge is 0.507 e. The summed E-state index contributed by atoms with van der Waals surface area (Å²) in [7, 11) is -0.868. The molecule has 0 fully saturated rings. The molecule has 0 atom stereocenters. The highest BCUT2D eigenvalue weighted by Crippen LogP contribution is 2.45. The Labute approximate surface area is 212 Å². The van der Waals surface area contributed by atoms with E-state index >= 15 is 0 Å². The Morgan fingerprint density at radius 3 is 1.86 bits per heavy atom. The Morgan fingerprint density at radius 1 is 0.556 bits per heavy atom. The Morgan fingerprint density at radius 2 is 1.17 bits per heavy atom. The number of hydrogen-bond acceptors (Lipinski definition) is 1. The molecular weight excluding hydrogens is 455 g/mol. The first-order chi connectivity index (χ1) is 17.7. The van der Waals surface area contributed by atoms with Crippen LogP contribution in [0, 0.1) is 0 Å². The molecule has 0 radical (unpaired) electrons. The van der Waals surface area contributed by atoms with E-state index in [-0.39, 0.29) is 0 Å². The van der Waals surface area contributed by atoms with Crippen LogP contribution in [0.3, 0.4) is 0 Å². The lowest BCUT2D eigenvalue weighted by Crippen LogP contribution is -2.22. The first-order valence-electron chi connectivity index (χ1n) is 12.0. The van der Waals surface area contributed by atoms with E-state index in [9.17, 15) is 5.11 Å². The topological polar surface area (TPSA) is 20.2 Å². The van der Waals surface area contributed by atoms with Gasteiger partial charge >= 0.3 is 0 Å². The first-order valence-corrected chi connectivity index (χ1v) is 13.4. The lowest BCUT2D eigenvalue weighted by Gasteiger charge is -2.25. The second-order valence-electron chi connectivity index (χ2n) is 8.83. The first kappa shape index (κ1) is 22.3. The molecule has 0 amide bonds. The van der Waals surface area contributed by atoms with Crippen LogP contribution < -0.4 is 15.9 Å². The van der Waals surface area contributed by atoms with Gasteiger partial charge in [0.15, 0.2) is 0 Å². The van der Waals surface area contributed by atoms with Crippen LogP contribution in [0.25, 0.3) is 38.7 Å². The van der Waals surface area contributed by atoms with Gasteiger partial charge in [0.25, 0.3) is 0 Å². The van der Waals surface area contributed by atoms with Crippen molar-refractivity contribution >= 4 is 51.5 Å². The van der Waals surface area contributed by atoms with Crippen LogP contribution in [0.4, 0.5) is 0 Å². The van der Waals surface area contributed by atoms with Crippen LogP contribution in [0.5, 0.6) is 5.75 Å². The van der Waals surface area contributed by atoms with Crippen molar-refractivity contribution < 1.29 is 5.11 Å². The van der Waals surface area contributed by atoms with Crippen molar-refractivity contribution in [2.24, 2.45) is 0 Å². The number of benzene rings is 6. The number of phenolic OH excluding ortho intramolecular Hbond substituents is 1. The summed E-state index contributed by atoms with van der Waals surface area (Å²) in [4.78, 5) is 0. The van der Waals surface area contributed by atoms with Gasteiger partial charge in [0.05, 0.1) is 0 Å². The van der Waals surface area contributed by atoms with Crippen LogP contribution in [0.2, 0.25) is 0 Å². The second kappa shape index (κ2) is 9.46. The van der Waals surface area contributed by atoms with Gasteiger partial charge in [-0.05, 0) is 63.1 Å². The molecule has 0 saturated heterocycles. The highest BCUT2D eigenvalue weighted by Gasteiger charge is 2.24. The lowest BCUT2D eigenvalue weighted by atomic mass is 9.92.